The van der Waals surface area contributed by atoms with E-state index in [1.807, 2.05) is 18.2 Å². The number of amides is 2. The molecule has 5 aromatic rings. The smallest absolute Gasteiger partial charge is 0.270 e. The Bertz CT molecular complexity index is 1390. The molecule has 0 aliphatic carbocycles. The van der Waals surface area contributed by atoms with Gasteiger partial charge >= 0.3 is 0 Å². The molecule has 0 spiro atoms. The number of pyridine rings is 1. The summed E-state index contributed by atoms with van der Waals surface area (Å²) in [5.41, 5.74) is 7.72. The SMILES string of the molecule is O=C(NNC(=O)c1cc(-c2ccco2)nc2ccccc12)c1ccc2[nH]ncc2c1. The van der Waals surface area contributed by atoms with E-state index in [1.165, 1.54) is 0 Å². The van der Waals surface area contributed by atoms with Crippen molar-refractivity contribution in [2.75, 3.05) is 0 Å². The first kappa shape index (κ1) is 17.6. The number of hydrogen-bond donors (Lipinski definition) is 3. The van der Waals surface area contributed by atoms with E-state index in [-0.39, 0.29) is 0 Å². The molecule has 0 radical (unpaired) electrons. The van der Waals surface area contributed by atoms with Gasteiger partial charge in [-0.25, -0.2) is 4.98 Å². The van der Waals surface area contributed by atoms with Crippen LogP contribution in [-0.2, 0) is 0 Å². The number of fused-ring (bicyclic) bond motifs is 2. The van der Waals surface area contributed by atoms with E-state index in [0.717, 1.165) is 10.9 Å². The first-order chi connectivity index (χ1) is 14.7. The maximum Gasteiger partial charge on any atom is 0.270 e. The van der Waals surface area contributed by atoms with Crippen LogP contribution >= 0.6 is 0 Å². The lowest BCUT2D eigenvalue weighted by molar-refractivity contribution is 0.0847. The van der Waals surface area contributed by atoms with Crippen molar-refractivity contribution in [2.45, 2.75) is 0 Å². The number of carbonyl (C=O) groups is 2. The lowest BCUT2D eigenvalue weighted by Crippen LogP contribution is -2.41. The summed E-state index contributed by atoms with van der Waals surface area (Å²) in [6.07, 6.45) is 3.17. The van der Waals surface area contributed by atoms with Gasteiger partial charge in [0.2, 0.25) is 0 Å². The zero-order chi connectivity index (χ0) is 20.5. The lowest BCUT2D eigenvalue weighted by Gasteiger charge is -2.11. The number of aromatic nitrogens is 3. The highest BCUT2D eigenvalue weighted by Crippen LogP contribution is 2.25. The van der Waals surface area contributed by atoms with E-state index >= 15 is 0 Å². The third-order valence-corrected chi connectivity index (χ3v) is 4.73. The minimum atomic E-state index is -0.459. The quantitative estimate of drug-likeness (QED) is 0.404. The molecular weight excluding hydrogens is 382 g/mol. The van der Waals surface area contributed by atoms with Gasteiger partial charge in [0.15, 0.2) is 5.76 Å². The zero-order valence-corrected chi connectivity index (χ0v) is 15.5. The van der Waals surface area contributed by atoms with Crippen molar-refractivity contribution in [3.05, 3.63) is 84.3 Å². The Labute approximate surface area is 169 Å². The Morgan fingerprint density at radius 1 is 0.933 bits per heavy atom. The number of nitrogens with zero attached hydrogens (tertiary/aromatic N) is 2. The third kappa shape index (κ3) is 3.16. The molecule has 5 rings (SSSR count). The van der Waals surface area contributed by atoms with E-state index in [0.29, 0.717) is 33.5 Å². The largest absolute Gasteiger partial charge is 0.463 e. The van der Waals surface area contributed by atoms with Crippen molar-refractivity contribution in [3.8, 4) is 11.5 Å². The fourth-order valence-electron chi connectivity index (χ4n) is 3.25. The fraction of sp³-hybridized carbons (Fsp3) is 0. The summed E-state index contributed by atoms with van der Waals surface area (Å²) in [5.74, 6) is -0.345. The average molecular weight is 397 g/mol. The standard InChI is InChI=1S/C22H15N5O3/c28-21(13-7-8-17-14(10-13)12-23-25-17)26-27-22(29)16-11-19(20-6-3-9-30-20)24-18-5-2-1-4-15(16)18/h1-12H,(H,23,25)(H,26,28)(H,27,29). The van der Waals surface area contributed by atoms with Gasteiger partial charge in [0.25, 0.3) is 11.8 Å². The van der Waals surface area contributed by atoms with Gasteiger partial charge in [0, 0.05) is 16.3 Å². The Hall–Kier alpha value is -4.46. The van der Waals surface area contributed by atoms with E-state index in [2.05, 4.69) is 26.0 Å². The van der Waals surface area contributed by atoms with Crippen LogP contribution in [0.25, 0.3) is 33.3 Å². The number of aromatic amines is 1. The first-order valence-electron chi connectivity index (χ1n) is 9.16. The second-order valence-electron chi connectivity index (χ2n) is 6.63. The highest BCUT2D eigenvalue weighted by molar-refractivity contribution is 6.08. The minimum absolute atomic E-state index is 0.373. The van der Waals surface area contributed by atoms with E-state index in [4.69, 9.17) is 4.42 Å². The summed E-state index contributed by atoms with van der Waals surface area (Å²) in [6, 6.07) is 17.6. The molecule has 0 saturated carbocycles. The third-order valence-electron chi connectivity index (χ3n) is 4.73. The van der Waals surface area contributed by atoms with Crippen LogP contribution in [0.3, 0.4) is 0 Å². The molecule has 146 valence electrons. The number of nitrogens with one attached hydrogen (secondary N) is 3. The summed E-state index contributed by atoms with van der Waals surface area (Å²) in [6.45, 7) is 0. The van der Waals surface area contributed by atoms with E-state index < -0.39 is 11.8 Å². The normalized spacial score (nSPS) is 10.9. The van der Waals surface area contributed by atoms with Gasteiger partial charge in [-0.15, -0.1) is 0 Å². The molecule has 0 saturated heterocycles. The van der Waals surface area contributed by atoms with Crippen LogP contribution in [0.4, 0.5) is 0 Å². The van der Waals surface area contributed by atoms with Crippen LogP contribution in [0.15, 0.2) is 77.5 Å². The molecule has 0 unspecified atom stereocenters. The van der Waals surface area contributed by atoms with Gasteiger partial charge < -0.3 is 4.42 Å². The van der Waals surface area contributed by atoms with Gasteiger partial charge in [0.1, 0.15) is 5.69 Å². The number of hydrazine groups is 1. The number of carbonyl (C=O) groups excluding carboxylic acids is 2. The molecule has 30 heavy (non-hydrogen) atoms. The van der Waals surface area contributed by atoms with Crippen molar-refractivity contribution < 1.29 is 14.0 Å². The molecule has 3 N–H and O–H groups in total. The summed E-state index contributed by atoms with van der Waals surface area (Å²) < 4.78 is 5.42. The molecule has 0 bridgehead atoms. The maximum atomic E-state index is 12.9. The van der Waals surface area contributed by atoms with Crippen LogP contribution in [0.5, 0.6) is 0 Å². The van der Waals surface area contributed by atoms with Crippen molar-refractivity contribution in [2.24, 2.45) is 0 Å². The highest BCUT2D eigenvalue weighted by atomic mass is 16.3. The molecule has 8 nitrogen and oxygen atoms in total. The Kier molecular flexibility index (Phi) is 4.21. The minimum Gasteiger partial charge on any atom is -0.463 e. The Morgan fingerprint density at radius 3 is 2.67 bits per heavy atom. The van der Waals surface area contributed by atoms with Crippen LogP contribution in [0, 0.1) is 0 Å². The second kappa shape index (κ2) is 7.17. The molecular formula is C22H15N5O3. The molecule has 2 aromatic carbocycles. The molecule has 0 aliphatic heterocycles. The van der Waals surface area contributed by atoms with Gasteiger partial charge in [-0.05, 0) is 42.5 Å². The van der Waals surface area contributed by atoms with Crippen molar-refractivity contribution in [3.63, 3.8) is 0 Å². The van der Waals surface area contributed by atoms with Gasteiger partial charge in [-0.2, -0.15) is 5.10 Å². The number of benzene rings is 2. The number of hydrogen-bond acceptors (Lipinski definition) is 5. The Balaban J connectivity index is 1.42. The highest BCUT2D eigenvalue weighted by Gasteiger charge is 2.16. The van der Waals surface area contributed by atoms with E-state index in [1.54, 1.807) is 54.9 Å². The summed E-state index contributed by atoms with van der Waals surface area (Å²) in [7, 11) is 0. The molecule has 0 aliphatic rings. The zero-order valence-electron chi connectivity index (χ0n) is 15.5. The van der Waals surface area contributed by atoms with Gasteiger partial charge in [-0.3, -0.25) is 25.5 Å². The summed E-state index contributed by atoms with van der Waals surface area (Å²) in [5, 5.41) is 8.23. The summed E-state index contributed by atoms with van der Waals surface area (Å²) >= 11 is 0. The number of para-hydroxylation sites is 1. The van der Waals surface area contributed by atoms with Crippen LogP contribution in [0.2, 0.25) is 0 Å². The monoisotopic (exact) mass is 397 g/mol. The van der Waals surface area contributed by atoms with E-state index in [9.17, 15) is 9.59 Å². The maximum absolute atomic E-state index is 12.9. The molecule has 8 heteroatoms. The number of H-pyrrole nitrogens is 1. The number of furan rings is 1. The fourth-order valence-corrected chi connectivity index (χ4v) is 3.25. The molecule has 3 aromatic heterocycles. The topological polar surface area (TPSA) is 113 Å². The first-order valence-corrected chi connectivity index (χ1v) is 9.16. The molecule has 3 heterocycles. The molecule has 2 amide bonds. The molecule has 0 atom stereocenters. The predicted molar refractivity (Wildman–Crippen MR) is 110 cm³/mol. The molecule has 0 fully saturated rings. The number of rotatable bonds is 3. The Morgan fingerprint density at radius 2 is 1.80 bits per heavy atom. The summed E-state index contributed by atoms with van der Waals surface area (Å²) in [4.78, 5) is 29.9. The van der Waals surface area contributed by atoms with Crippen LogP contribution in [-0.4, -0.2) is 27.0 Å². The van der Waals surface area contributed by atoms with Crippen LogP contribution < -0.4 is 10.9 Å². The van der Waals surface area contributed by atoms with Gasteiger partial charge in [-0.1, -0.05) is 18.2 Å². The van der Waals surface area contributed by atoms with Crippen molar-refractivity contribution >= 4 is 33.6 Å². The predicted octanol–water partition coefficient (Wildman–Crippen LogP) is 3.45. The van der Waals surface area contributed by atoms with Crippen molar-refractivity contribution in [1.82, 2.24) is 26.0 Å². The van der Waals surface area contributed by atoms with Crippen molar-refractivity contribution in [1.29, 1.82) is 0 Å². The average Bonchev–Trinajstić information content (AvgIpc) is 3.48. The second-order valence-corrected chi connectivity index (χ2v) is 6.63. The lowest BCUT2D eigenvalue weighted by atomic mass is 10.1. The van der Waals surface area contributed by atoms with Gasteiger partial charge in [0.05, 0.1) is 29.1 Å². The van der Waals surface area contributed by atoms with Crippen LogP contribution in [0.1, 0.15) is 20.7 Å².